The average molecular weight is 288 g/mol. The van der Waals surface area contributed by atoms with Crippen LogP contribution in [-0.2, 0) is 0 Å². The van der Waals surface area contributed by atoms with Gasteiger partial charge in [0.2, 0.25) is 0 Å². The first-order valence-electron chi connectivity index (χ1n) is 8.61. The summed E-state index contributed by atoms with van der Waals surface area (Å²) in [5.41, 5.74) is 4.30. The summed E-state index contributed by atoms with van der Waals surface area (Å²) >= 11 is 0. The maximum absolute atomic E-state index is 3.66. The van der Waals surface area contributed by atoms with Gasteiger partial charge < -0.3 is 5.32 Å². The van der Waals surface area contributed by atoms with E-state index in [1.165, 1.54) is 48.9 Å². The fourth-order valence-corrected chi connectivity index (χ4v) is 3.81. The van der Waals surface area contributed by atoms with E-state index in [-0.39, 0.29) is 0 Å². The predicted octanol–water partition coefficient (Wildman–Crippen LogP) is 4.08. The molecule has 1 heterocycles. The summed E-state index contributed by atoms with van der Waals surface area (Å²) in [6.07, 6.45) is 5.27. The SMILES string of the molecule is CCCNCC1CCCCN(C)C1c1cc(C)cc(C)c1. The van der Waals surface area contributed by atoms with E-state index in [1.54, 1.807) is 0 Å². The normalized spacial score (nSPS) is 24.0. The minimum Gasteiger partial charge on any atom is -0.316 e. The number of hydrogen-bond acceptors (Lipinski definition) is 2. The molecule has 1 aliphatic rings. The topological polar surface area (TPSA) is 15.3 Å². The molecule has 118 valence electrons. The van der Waals surface area contributed by atoms with Crippen molar-refractivity contribution in [2.45, 2.75) is 52.5 Å². The second-order valence-corrected chi connectivity index (χ2v) is 6.81. The van der Waals surface area contributed by atoms with Crippen molar-refractivity contribution in [2.24, 2.45) is 5.92 Å². The third-order valence-electron chi connectivity index (χ3n) is 4.68. The number of nitrogens with zero attached hydrogens (tertiary/aromatic N) is 1. The second-order valence-electron chi connectivity index (χ2n) is 6.81. The van der Waals surface area contributed by atoms with Gasteiger partial charge in [-0.2, -0.15) is 0 Å². The molecule has 1 fully saturated rings. The highest BCUT2D eigenvalue weighted by molar-refractivity contribution is 5.31. The lowest BCUT2D eigenvalue weighted by molar-refractivity contribution is 0.189. The van der Waals surface area contributed by atoms with Crippen LogP contribution in [0.4, 0.5) is 0 Å². The Morgan fingerprint density at radius 3 is 2.52 bits per heavy atom. The summed E-state index contributed by atoms with van der Waals surface area (Å²) in [6.45, 7) is 10.2. The van der Waals surface area contributed by atoms with E-state index in [9.17, 15) is 0 Å². The molecule has 0 bridgehead atoms. The molecule has 0 aliphatic carbocycles. The monoisotopic (exact) mass is 288 g/mol. The lowest BCUT2D eigenvalue weighted by Crippen LogP contribution is -2.35. The second kappa shape index (κ2) is 7.95. The van der Waals surface area contributed by atoms with Crippen LogP contribution in [0, 0.1) is 19.8 Å². The van der Waals surface area contributed by atoms with Gasteiger partial charge in [-0.05, 0) is 71.3 Å². The Kier molecular flexibility index (Phi) is 6.25. The van der Waals surface area contributed by atoms with Crippen LogP contribution in [-0.4, -0.2) is 31.6 Å². The highest BCUT2D eigenvalue weighted by Gasteiger charge is 2.28. The van der Waals surface area contributed by atoms with E-state index in [1.807, 2.05) is 0 Å². The molecule has 0 aromatic heterocycles. The Balaban J connectivity index is 2.23. The first kappa shape index (κ1) is 16.5. The Labute approximate surface area is 130 Å². The number of aryl methyl sites for hydroxylation is 2. The Morgan fingerprint density at radius 2 is 1.86 bits per heavy atom. The summed E-state index contributed by atoms with van der Waals surface area (Å²) in [7, 11) is 2.31. The van der Waals surface area contributed by atoms with Crippen LogP contribution in [0.25, 0.3) is 0 Å². The van der Waals surface area contributed by atoms with Gasteiger partial charge in [0.25, 0.3) is 0 Å². The predicted molar refractivity (Wildman–Crippen MR) is 91.8 cm³/mol. The Bertz CT molecular complexity index is 421. The third-order valence-corrected chi connectivity index (χ3v) is 4.68. The molecule has 1 aliphatic heterocycles. The van der Waals surface area contributed by atoms with Crippen molar-refractivity contribution in [3.63, 3.8) is 0 Å². The number of rotatable bonds is 5. The molecule has 0 amide bonds. The molecule has 0 radical (unpaired) electrons. The van der Waals surface area contributed by atoms with Crippen LogP contribution in [0.15, 0.2) is 18.2 Å². The Morgan fingerprint density at radius 1 is 1.14 bits per heavy atom. The van der Waals surface area contributed by atoms with Crippen molar-refractivity contribution in [3.05, 3.63) is 34.9 Å². The zero-order valence-electron chi connectivity index (χ0n) is 14.3. The van der Waals surface area contributed by atoms with Crippen LogP contribution in [0.3, 0.4) is 0 Å². The number of nitrogens with one attached hydrogen (secondary N) is 1. The number of hydrogen-bond donors (Lipinski definition) is 1. The molecule has 2 atom stereocenters. The molecule has 21 heavy (non-hydrogen) atoms. The summed E-state index contributed by atoms with van der Waals surface area (Å²) < 4.78 is 0. The summed E-state index contributed by atoms with van der Waals surface area (Å²) in [5, 5.41) is 3.66. The first-order chi connectivity index (χ1) is 10.1. The van der Waals surface area contributed by atoms with Crippen LogP contribution in [0.5, 0.6) is 0 Å². The van der Waals surface area contributed by atoms with Gasteiger partial charge in [0.05, 0.1) is 0 Å². The standard InChI is InChI=1S/C19H32N2/c1-5-9-20-14-17-8-6-7-10-21(4)19(17)18-12-15(2)11-16(3)13-18/h11-13,17,19-20H,5-10,14H2,1-4H3. The summed E-state index contributed by atoms with van der Waals surface area (Å²) in [5.74, 6) is 0.727. The number of likely N-dealkylation sites (tertiary alicyclic amines) is 1. The Hall–Kier alpha value is -0.860. The molecular formula is C19H32N2. The zero-order chi connectivity index (χ0) is 15.2. The van der Waals surface area contributed by atoms with Crippen molar-refractivity contribution >= 4 is 0 Å². The maximum atomic E-state index is 3.66. The van der Waals surface area contributed by atoms with Crippen molar-refractivity contribution < 1.29 is 0 Å². The largest absolute Gasteiger partial charge is 0.316 e. The fourth-order valence-electron chi connectivity index (χ4n) is 3.81. The van der Waals surface area contributed by atoms with Crippen LogP contribution >= 0.6 is 0 Å². The highest BCUT2D eigenvalue weighted by Crippen LogP contribution is 2.34. The summed E-state index contributed by atoms with van der Waals surface area (Å²) in [4.78, 5) is 2.58. The zero-order valence-corrected chi connectivity index (χ0v) is 14.3. The molecule has 2 nitrogen and oxygen atoms in total. The molecule has 2 unspecified atom stereocenters. The molecule has 2 rings (SSSR count). The van der Waals surface area contributed by atoms with Gasteiger partial charge in [0.15, 0.2) is 0 Å². The van der Waals surface area contributed by atoms with Crippen LogP contribution in [0.1, 0.15) is 55.3 Å². The van der Waals surface area contributed by atoms with Gasteiger partial charge in [0.1, 0.15) is 0 Å². The molecule has 0 saturated carbocycles. The minimum absolute atomic E-state index is 0.565. The molecule has 1 saturated heterocycles. The van der Waals surface area contributed by atoms with Crippen molar-refractivity contribution in [1.82, 2.24) is 10.2 Å². The smallest absolute Gasteiger partial charge is 0.0385 e. The molecule has 1 aromatic rings. The fraction of sp³-hybridized carbons (Fsp3) is 0.684. The lowest BCUT2D eigenvalue weighted by atomic mass is 9.88. The minimum atomic E-state index is 0.565. The van der Waals surface area contributed by atoms with Crippen molar-refractivity contribution in [3.8, 4) is 0 Å². The van der Waals surface area contributed by atoms with E-state index >= 15 is 0 Å². The van der Waals surface area contributed by atoms with Gasteiger partial charge in [-0.25, -0.2) is 0 Å². The van der Waals surface area contributed by atoms with Gasteiger partial charge in [-0.1, -0.05) is 42.7 Å². The molecular weight excluding hydrogens is 256 g/mol. The molecule has 1 N–H and O–H groups in total. The van der Waals surface area contributed by atoms with E-state index in [4.69, 9.17) is 0 Å². The van der Waals surface area contributed by atoms with E-state index in [0.29, 0.717) is 6.04 Å². The van der Waals surface area contributed by atoms with Gasteiger partial charge in [-0.3, -0.25) is 4.90 Å². The third kappa shape index (κ3) is 4.55. The first-order valence-corrected chi connectivity index (χ1v) is 8.61. The molecule has 1 aromatic carbocycles. The molecule has 0 spiro atoms. The lowest BCUT2D eigenvalue weighted by Gasteiger charge is -2.33. The quantitative estimate of drug-likeness (QED) is 0.821. The van der Waals surface area contributed by atoms with E-state index < -0.39 is 0 Å². The van der Waals surface area contributed by atoms with Crippen LogP contribution in [0.2, 0.25) is 0 Å². The number of benzene rings is 1. The maximum Gasteiger partial charge on any atom is 0.0385 e. The van der Waals surface area contributed by atoms with Crippen molar-refractivity contribution in [2.75, 3.05) is 26.7 Å². The molecule has 2 heteroatoms. The van der Waals surface area contributed by atoms with Gasteiger partial charge in [0, 0.05) is 6.04 Å². The van der Waals surface area contributed by atoms with Gasteiger partial charge in [-0.15, -0.1) is 0 Å². The van der Waals surface area contributed by atoms with Crippen LogP contribution < -0.4 is 5.32 Å². The van der Waals surface area contributed by atoms with Gasteiger partial charge >= 0.3 is 0 Å². The van der Waals surface area contributed by atoms with Crippen molar-refractivity contribution in [1.29, 1.82) is 0 Å². The van der Waals surface area contributed by atoms with E-state index in [2.05, 4.69) is 56.2 Å². The van der Waals surface area contributed by atoms with E-state index in [0.717, 1.165) is 19.0 Å². The summed E-state index contributed by atoms with van der Waals surface area (Å²) in [6, 6.07) is 7.64. The average Bonchev–Trinajstić information content (AvgIpc) is 2.60. The highest BCUT2D eigenvalue weighted by atomic mass is 15.1.